The Kier molecular flexibility index (Phi) is 4.92. The van der Waals surface area contributed by atoms with Gasteiger partial charge in [-0.25, -0.2) is 0 Å². The Morgan fingerprint density at radius 2 is 1.86 bits per heavy atom. The van der Waals surface area contributed by atoms with Gasteiger partial charge in [0.25, 0.3) is 0 Å². The fourth-order valence-corrected chi connectivity index (χ4v) is 7.75. The van der Waals surface area contributed by atoms with E-state index in [1.54, 1.807) is 14.0 Å². The number of rotatable bonds is 2. The van der Waals surface area contributed by atoms with E-state index in [0.717, 1.165) is 32.1 Å². The molecule has 7 atom stereocenters. The largest absolute Gasteiger partial charge is 0.462 e. The van der Waals surface area contributed by atoms with Gasteiger partial charge in [-0.1, -0.05) is 34.1 Å². The highest BCUT2D eigenvalue weighted by Gasteiger charge is 2.70. The maximum atomic E-state index is 11.9. The second kappa shape index (κ2) is 6.68. The summed E-state index contributed by atoms with van der Waals surface area (Å²) in [6, 6.07) is 0. The molecule has 2 spiro atoms. The predicted molar refractivity (Wildman–Crippen MR) is 106 cm³/mol. The first kappa shape index (κ1) is 20.6. The van der Waals surface area contributed by atoms with Crippen molar-refractivity contribution in [3.8, 4) is 0 Å². The van der Waals surface area contributed by atoms with Crippen LogP contribution in [0.25, 0.3) is 0 Å². The highest BCUT2D eigenvalue weighted by molar-refractivity contribution is 5.66. The van der Waals surface area contributed by atoms with E-state index in [4.69, 9.17) is 18.9 Å². The van der Waals surface area contributed by atoms with Crippen LogP contribution in [0.4, 0.5) is 0 Å². The van der Waals surface area contributed by atoms with Crippen molar-refractivity contribution in [2.45, 2.75) is 103 Å². The van der Waals surface area contributed by atoms with Crippen molar-refractivity contribution in [2.24, 2.45) is 22.7 Å². The van der Waals surface area contributed by atoms with Crippen molar-refractivity contribution in [2.75, 3.05) is 13.7 Å². The maximum Gasteiger partial charge on any atom is 0.302 e. The topological polar surface area (TPSA) is 54.0 Å². The van der Waals surface area contributed by atoms with Crippen LogP contribution in [0.1, 0.15) is 79.6 Å². The number of hydrogen-bond donors (Lipinski definition) is 0. The standard InChI is InChI=1S/C23H38O5/c1-15-12-17(27-16(2)24)19-20(3,4)8-7-9-21(19,5)23(15)11-10-22(28-23)13-18(25-6)26-14-22/h15,17-19H,7-14H2,1-6H3/t15-,17-,18-,19+,21+,22+,23-/m1/s1. The van der Waals surface area contributed by atoms with E-state index in [1.807, 2.05) is 0 Å². The lowest BCUT2D eigenvalue weighted by Crippen LogP contribution is -2.67. The minimum atomic E-state index is -0.224. The summed E-state index contributed by atoms with van der Waals surface area (Å²) in [6.07, 6.45) is 7.11. The fraction of sp³-hybridized carbons (Fsp3) is 0.957. The van der Waals surface area contributed by atoms with Crippen molar-refractivity contribution in [1.29, 1.82) is 0 Å². The number of methoxy groups -OCH3 is 1. The van der Waals surface area contributed by atoms with Gasteiger partial charge in [-0.15, -0.1) is 0 Å². The normalized spacial score (nSPS) is 50.1. The summed E-state index contributed by atoms with van der Waals surface area (Å²) in [4.78, 5) is 11.9. The smallest absolute Gasteiger partial charge is 0.302 e. The predicted octanol–water partition coefficient (Wildman–Crippen LogP) is 4.47. The van der Waals surface area contributed by atoms with Gasteiger partial charge in [-0.3, -0.25) is 4.79 Å². The molecule has 4 rings (SSSR count). The quantitative estimate of drug-likeness (QED) is 0.647. The molecule has 0 aromatic carbocycles. The van der Waals surface area contributed by atoms with Gasteiger partial charge in [0.05, 0.1) is 17.8 Å². The Morgan fingerprint density at radius 3 is 2.50 bits per heavy atom. The van der Waals surface area contributed by atoms with Crippen LogP contribution in [-0.4, -0.2) is 43.3 Å². The summed E-state index contributed by atoms with van der Waals surface area (Å²) < 4.78 is 24.4. The zero-order valence-electron chi connectivity index (χ0n) is 18.5. The lowest BCUT2D eigenvalue weighted by molar-refractivity contribution is -0.272. The number of fused-ring (bicyclic) bond motifs is 2. The first-order chi connectivity index (χ1) is 13.1. The van der Waals surface area contributed by atoms with E-state index in [2.05, 4.69) is 27.7 Å². The molecule has 160 valence electrons. The summed E-state index contributed by atoms with van der Waals surface area (Å²) in [5.74, 6) is 0.491. The first-order valence-corrected chi connectivity index (χ1v) is 11.1. The molecule has 28 heavy (non-hydrogen) atoms. The molecule has 2 aliphatic carbocycles. The molecule has 2 saturated carbocycles. The molecular formula is C23H38O5. The molecule has 0 amide bonds. The summed E-state index contributed by atoms with van der Waals surface area (Å²) >= 11 is 0. The van der Waals surface area contributed by atoms with E-state index < -0.39 is 0 Å². The van der Waals surface area contributed by atoms with Crippen LogP contribution in [0.3, 0.4) is 0 Å². The zero-order valence-corrected chi connectivity index (χ0v) is 18.5. The van der Waals surface area contributed by atoms with E-state index in [0.29, 0.717) is 18.4 Å². The van der Waals surface area contributed by atoms with E-state index in [-0.39, 0.29) is 40.4 Å². The van der Waals surface area contributed by atoms with Crippen molar-refractivity contribution < 1.29 is 23.7 Å². The van der Waals surface area contributed by atoms with Crippen LogP contribution < -0.4 is 0 Å². The molecule has 0 aromatic rings. The van der Waals surface area contributed by atoms with Crippen molar-refractivity contribution in [1.82, 2.24) is 0 Å². The number of carbonyl (C=O) groups excluding carboxylic acids is 1. The van der Waals surface area contributed by atoms with Gasteiger partial charge >= 0.3 is 5.97 Å². The molecular weight excluding hydrogens is 356 g/mol. The Bertz CT molecular complexity index is 632. The molecule has 5 nitrogen and oxygen atoms in total. The zero-order chi connectivity index (χ0) is 20.4. The molecule has 2 aliphatic heterocycles. The Morgan fingerprint density at radius 1 is 1.11 bits per heavy atom. The fourth-order valence-electron chi connectivity index (χ4n) is 7.75. The summed E-state index contributed by atoms with van der Waals surface area (Å²) in [5.41, 5.74) is -0.293. The third-order valence-electron chi connectivity index (χ3n) is 8.77. The van der Waals surface area contributed by atoms with Crippen LogP contribution in [0, 0.1) is 22.7 Å². The Hall–Kier alpha value is -0.650. The summed E-state index contributed by atoms with van der Waals surface area (Å²) in [5, 5.41) is 0. The van der Waals surface area contributed by atoms with Crippen LogP contribution in [0.15, 0.2) is 0 Å². The van der Waals surface area contributed by atoms with Crippen LogP contribution >= 0.6 is 0 Å². The minimum absolute atomic E-state index is 0.0127. The molecule has 4 aliphatic rings. The molecule has 2 saturated heterocycles. The maximum absolute atomic E-state index is 11.9. The monoisotopic (exact) mass is 394 g/mol. The Labute approximate surface area is 169 Å². The average Bonchev–Trinajstić information content (AvgIpc) is 3.17. The molecule has 0 N–H and O–H groups in total. The van der Waals surface area contributed by atoms with Crippen molar-refractivity contribution in [3.63, 3.8) is 0 Å². The summed E-state index contributed by atoms with van der Waals surface area (Å²) in [7, 11) is 1.71. The van der Waals surface area contributed by atoms with E-state index in [1.165, 1.54) is 12.8 Å². The van der Waals surface area contributed by atoms with Crippen LogP contribution in [-0.2, 0) is 23.7 Å². The van der Waals surface area contributed by atoms with Gasteiger partial charge in [0.2, 0.25) is 0 Å². The van der Waals surface area contributed by atoms with Gasteiger partial charge in [0.15, 0.2) is 6.29 Å². The molecule has 0 bridgehead atoms. The highest BCUT2D eigenvalue weighted by atomic mass is 16.7. The van der Waals surface area contributed by atoms with Crippen LogP contribution in [0.5, 0.6) is 0 Å². The average molecular weight is 395 g/mol. The van der Waals surface area contributed by atoms with Crippen molar-refractivity contribution in [3.05, 3.63) is 0 Å². The van der Waals surface area contributed by atoms with Gasteiger partial charge in [0.1, 0.15) is 6.10 Å². The molecule has 0 radical (unpaired) electrons. The number of carbonyl (C=O) groups is 1. The third kappa shape index (κ3) is 2.87. The van der Waals surface area contributed by atoms with E-state index >= 15 is 0 Å². The highest BCUT2D eigenvalue weighted by Crippen LogP contribution is 2.68. The molecule has 0 aromatic heterocycles. The molecule has 2 heterocycles. The van der Waals surface area contributed by atoms with Gasteiger partial charge < -0.3 is 18.9 Å². The molecule has 4 fully saturated rings. The SMILES string of the molecule is CO[C@H]1C[C@@]2(CC[C@@]3(O2)[C@H](C)C[C@@H](OC(C)=O)[C@H]2C(C)(C)CCC[C@@]23C)CO1. The van der Waals surface area contributed by atoms with Crippen LogP contribution in [0.2, 0.25) is 0 Å². The van der Waals surface area contributed by atoms with Gasteiger partial charge in [0, 0.05) is 31.8 Å². The van der Waals surface area contributed by atoms with Gasteiger partial charge in [-0.2, -0.15) is 0 Å². The molecule has 0 unspecified atom stereocenters. The minimum Gasteiger partial charge on any atom is -0.462 e. The second-order valence-corrected chi connectivity index (χ2v) is 10.9. The molecule has 5 heteroatoms. The van der Waals surface area contributed by atoms with E-state index in [9.17, 15) is 4.79 Å². The van der Waals surface area contributed by atoms with Gasteiger partial charge in [-0.05, 0) is 43.4 Å². The second-order valence-electron chi connectivity index (χ2n) is 10.9. The lowest BCUT2D eigenvalue weighted by atomic mass is 9.43. The number of ether oxygens (including phenoxy) is 4. The number of hydrogen-bond acceptors (Lipinski definition) is 5. The van der Waals surface area contributed by atoms with Crippen molar-refractivity contribution >= 4 is 5.97 Å². The third-order valence-corrected chi connectivity index (χ3v) is 8.77. The summed E-state index contributed by atoms with van der Waals surface area (Å²) in [6.45, 7) is 11.6. The first-order valence-electron chi connectivity index (χ1n) is 11.1. The Balaban J connectivity index is 1.72. The lowest BCUT2D eigenvalue weighted by Gasteiger charge is -2.65. The number of esters is 1.